The molecule has 1 saturated heterocycles. The molecule has 2 aliphatic rings. The molecule has 0 aromatic carbocycles. The number of hydrogen-bond acceptors (Lipinski definition) is 4. The van der Waals surface area contributed by atoms with Crippen molar-refractivity contribution in [3.8, 4) is 0 Å². The summed E-state index contributed by atoms with van der Waals surface area (Å²) in [6.07, 6.45) is 8.05. The van der Waals surface area contributed by atoms with Gasteiger partial charge in [-0.2, -0.15) is 10.2 Å². The van der Waals surface area contributed by atoms with Crippen molar-refractivity contribution in [3.05, 3.63) is 45.6 Å². The third-order valence-electron chi connectivity index (χ3n) is 5.60. The molecule has 0 bridgehead atoms. The van der Waals surface area contributed by atoms with Gasteiger partial charge in [-0.25, -0.2) is 4.68 Å². The average molecular weight is 341 g/mol. The molecule has 0 atom stereocenters. The van der Waals surface area contributed by atoms with Crippen LogP contribution in [0.1, 0.15) is 42.6 Å². The Morgan fingerprint density at radius 1 is 1.16 bits per heavy atom. The van der Waals surface area contributed by atoms with E-state index in [0.717, 1.165) is 51.3 Å². The average Bonchev–Trinajstić information content (AvgIpc) is 3.03. The van der Waals surface area contributed by atoms with Crippen LogP contribution in [-0.4, -0.2) is 37.6 Å². The molecule has 0 N–H and O–H groups in total. The third-order valence-corrected chi connectivity index (χ3v) is 5.60. The predicted molar refractivity (Wildman–Crippen MR) is 96.4 cm³/mol. The van der Waals surface area contributed by atoms with Crippen molar-refractivity contribution in [2.75, 3.05) is 13.1 Å². The van der Waals surface area contributed by atoms with Gasteiger partial charge in [0.15, 0.2) is 0 Å². The zero-order chi connectivity index (χ0) is 17.2. The highest BCUT2D eigenvalue weighted by atomic mass is 16.1. The Morgan fingerprint density at radius 3 is 2.84 bits per heavy atom. The van der Waals surface area contributed by atoms with Gasteiger partial charge in [0.25, 0.3) is 5.56 Å². The summed E-state index contributed by atoms with van der Waals surface area (Å²) < 4.78 is 3.84. The predicted octanol–water partition coefficient (Wildman–Crippen LogP) is 2.00. The van der Waals surface area contributed by atoms with E-state index in [4.69, 9.17) is 0 Å². The Balaban J connectivity index is 1.33. The standard InChI is InChI=1S/C19H27N5O/c1-15-5-6-19(25)24(21-15)13-16-7-10-22(11-8-16)14-17-12-20-23-9-3-2-4-18(17)23/h5-6,12,16H,2-4,7-11,13-14H2,1H3. The van der Waals surface area contributed by atoms with Crippen molar-refractivity contribution in [2.45, 2.75) is 58.7 Å². The largest absolute Gasteiger partial charge is 0.299 e. The summed E-state index contributed by atoms with van der Waals surface area (Å²) in [6.45, 7) is 6.97. The molecule has 6 heteroatoms. The number of rotatable bonds is 4. The smallest absolute Gasteiger partial charge is 0.266 e. The lowest BCUT2D eigenvalue weighted by molar-refractivity contribution is 0.163. The first-order valence-electron chi connectivity index (χ1n) is 9.50. The highest BCUT2D eigenvalue weighted by molar-refractivity contribution is 5.19. The van der Waals surface area contributed by atoms with Crippen molar-refractivity contribution in [2.24, 2.45) is 5.92 Å². The first-order valence-corrected chi connectivity index (χ1v) is 9.50. The van der Waals surface area contributed by atoms with Crippen LogP contribution in [0.2, 0.25) is 0 Å². The quantitative estimate of drug-likeness (QED) is 0.853. The molecule has 2 aromatic rings. The first-order chi connectivity index (χ1) is 12.2. The van der Waals surface area contributed by atoms with Gasteiger partial charge in [0.05, 0.1) is 11.9 Å². The van der Waals surface area contributed by atoms with Gasteiger partial charge in [0, 0.05) is 37.0 Å². The summed E-state index contributed by atoms with van der Waals surface area (Å²) in [5.41, 5.74) is 3.78. The lowest BCUT2D eigenvalue weighted by Gasteiger charge is -2.32. The van der Waals surface area contributed by atoms with E-state index in [1.807, 2.05) is 6.92 Å². The minimum absolute atomic E-state index is 0.0135. The molecule has 2 aromatic heterocycles. The monoisotopic (exact) mass is 341 g/mol. The maximum atomic E-state index is 11.9. The maximum absolute atomic E-state index is 11.9. The third kappa shape index (κ3) is 3.68. The van der Waals surface area contributed by atoms with Crippen molar-refractivity contribution in [1.82, 2.24) is 24.5 Å². The fraction of sp³-hybridized carbons (Fsp3) is 0.632. The summed E-state index contributed by atoms with van der Waals surface area (Å²) in [5.74, 6) is 0.546. The summed E-state index contributed by atoms with van der Waals surface area (Å²) in [5, 5.41) is 8.93. The second kappa shape index (κ2) is 7.12. The van der Waals surface area contributed by atoms with Crippen molar-refractivity contribution in [3.63, 3.8) is 0 Å². The van der Waals surface area contributed by atoms with Crippen LogP contribution < -0.4 is 5.56 Å². The summed E-state index contributed by atoms with van der Waals surface area (Å²) in [4.78, 5) is 14.5. The van der Waals surface area contributed by atoms with Crippen LogP contribution in [0.4, 0.5) is 0 Å². The Morgan fingerprint density at radius 2 is 2.00 bits per heavy atom. The molecule has 0 aliphatic carbocycles. The van der Waals surface area contributed by atoms with Crippen LogP contribution in [0.15, 0.2) is 23.1 Å². The number of fused-ring (bicyclic) bond motifs is 1. The molecular formula is C19H27N5O. The van der Waals surface area contributed by atoms with Crippen LogP contribution in [0, 0.1) is 12.8 Å². The van der Waals surface area contributed by atoms with Crippen LogP contribution in [0.3, 0.4) is 0 Å². The lowest BCUT2D eigenvalue weighted by atomic mass is 9.96. The lowest BCUT2D eigenvalue weighted by Crippen LogP contribution is -2.36. The molecule has 1 fully saturated rings. The van der Waals surface area contributed by atoms with Crippen LogP contribution in [0.25, 0.3) is 0 Å². The van der Waals surface area contributed by atoms with E-state index in [2.05, 4.69) is 26.0 Å². The van der Waals surface area contributed by atoms with Gasteiger partial charge in [0.1, 0.15) is 0 Å². The van der Waals surface area contributed by atoms with Gasteiger partial charge < -0.3 is 0 Å². The molecule has 0 spiro atoms. The molecule has 25 heavy (non-hydrogen) atoms. The molecule has 0 amide bonds. The molecule has 4 heterocycles. The fourth-order valence-electron chi connectivity index (χ4n) is 4.11. The zero-order valence-electron chi connectivity index (χ0n) is 15.0. The number of nitrogens with zero attached hydrogens (tertiary/aromatic N) is 5. The number of likely N-dealkylation sites (tertiary alicyclic amines) is 1. The van der Waals surface area contributed by atoms with E-state index in [9.17, 15) is 4.79 Å². The summed E-state index contributed by atoms with van der Waals surface area (Å²) in [6, 6.07) is 3.41. The molecule has 6 nitrogen and oxygen atoms in total. The van der Waals surface area contributed by atoms with Crippen molar-refractivity contribution >= 4 is 0 Å². The molecular weight excluding hydrogens is 314 g/mol. The molecule has 0 unspecified atom stereocenters. The second-order valence-electron chi connectivity index (χ2n) is 7.51. The van der Waals surface area contributed by atoms with E-state index in [1.54, 1.807) is 16.8 Å². The Bertz CT molecular complexity index is 785. The Labute approximate surface area is 148 Å². The first kappa shape index (κ1) is 16.5. The number of piperidine rings is 1. The van der Waals surface area contributed by atoms with Crippen LogP contribution >= 0.6 is 0 Å². The van der Waals surface area contributed by atoms with E-state index >= 15 is 0 Å². The van der Waals surface area contributed by atoms with E-state index in [1.165, 1.54) is 30.5 Å². The molecule has 4 rings (SSSR count). The highest BCUT2D eigenvalue weighted by Crippen LogP contribution is 2.23. The fourth-order valence-corrected chi connectivity index (χ4v) is 4.11. The van der Waals surface area contributed by atoms with Crippen LogP contribution in [0.5, 0.6) is 0 Å². The van der Waals surface area contributed by atoms with Gasteiger partial charge in [-0.3, -0.25) is 14.4 Å². The van der Waals surface area contributed by atoms with E-state index in [0.29, 0.717) is 5.92 Å². The number of aromatic nitrogens is 4. The summed E-state index contributed by atoms with van der Waals surface area (Å²) in [7, 11) is 0. The highest BCUT2D eigenvalue weighted by Gasteiger charge is 2.22. The van der Waals surface area contributed by atoms with Gasteiger partial charge in [-0.05, 0) is 64.1 Å². The molecule has 0 saturated carbocycles. The second-order valence-corrected chi connectivity index (χ2v) is 7.51. The van der Waals surface area contributed by atoms with Gasteiger partial charge in [-0.15, -0.1) is 0 Å². The summed E-state index contributed by atoms with van der Waals surface area (Å²) >= 11 is 0. The van der Waals surface area contributed by atoms with E-state index < -0.39 is 0 Å². The minimum Gasteiger partial charge on any atom is -0.299 e. The minimum atomic E-state index is 0.0135. The Hall–Kier alpha value is -1.95. The van der Waals surface area contributed by atoms with Gasteiger partial charge in [0.2, 0.25) is 0 Å². The van der Waals surface area contributed by atoms with E-state index in [-0.39, 0.29) is 5.56 Å². The zero-order valence-corrected chi connectivity index (χ0v) is 15.0. The number of aryl methyl sites for hydroxylation is 2. The van der Waals surface area contributed by atoms with Crippen molar-refractivity contribution in [1.29, 1.82) is 0 Å². The Kier molecular flexibility index (Phi) is 4.70. The topological polar surface area (TPSA) is 56.0 Å². The van der Waals surface area contributed by atoms with Crippen LogP contribution in [-0.2, 0) is 26.1 Å². The number of hydrogen-bond donors (Lipinski definition) is 0. The molecule has 134 valence electrons. The van der Waals surface area contributed by atoms with Gasteiger partial charge >= 0.3 is 0 Å². The van der Waals surface area contributed by atoms with Crippen molar-refractivity contribution < 1.29 is 0 Å². The molecule has 2 aliphatic heterocycles. The van der Waals surface area contributed by atoms with Gasteiger partial charge in [-0.1, -0.05) is 0 Å². The maximum Gasteiger partial charge on any atom is 0.266 e. The molecule has 0 radical (unpaired) electrons. The SMILES string of the molecule is Cc1ccc(=O)n(CC2CCN(Cc3cnn4c3CCCC4)CC2)n1. The normalized spacial score (nSPS) is 19.1.